The fraction of sp³-hybridized carbons (Fsp3) is 0.150. The summed E-state index contributed by atoms with van der Waals surface area (Å²) in [4.78, 5) is 12.6. The average molecular weight is 365 g/mol. The molecular weight excluding hydrogens is 348 g/mol. The molecule has 6 heteroatoms. The minimum Gasteiger partial charge on any atom is -0.383 e. The molecule has 1 heterocycles. The molecule has 0 saturated heterocycles. The number of hydrogen-bond donors (Lipinski definition) is 1. The van der Waals surface area contributed by atoms with Crippen molar-refractivity contribution in [1.29, 1.82) is 5.26 Å². The highest BCUT2D eigenvalue weighted by atomic mass is 35.5. The molecule has 0 saturated carbocycles. The minimum atomic E-state index is -0.572. The Balaban J connectivity index is 2.18. The molecule has 1 aliphatic rings. The highest BCUT2D eigenvalue weighted by Gasteiger charge is 2.35. The number of nitrogens with two attached hydrogens (primary N) is 1. The highest BCUT2D eigenvalue weighted by molar-refractivity contribution is 6.43. The summed E-state index contributed by atoms with van der Waals surface area (Å²) in [6.45, 7) is 1.77. The summed E-state index contributed by atoms with van der Waals surface area (Å²) in [6.07, 6.45) is 0.287. The summed E-state index contributed by atoms with van der Waals surface area (Å²) < 4.78 is 0. The summed E-state index contributed by atoms with van der Waals surface area (Å²) in [5, 5.41) is 16.3. The van der Waals surface area contributed by atoms with Crippen LogP contribution in [0.3, 0.4) is 0 Å². The monoisotopic (exact) mass is 364 g/mol. The number of nitriles is 1. The number of carbonyl (C=O) groups excluding carboxylic acids is 1. The SMILES string of the molecule is CCC(=O)C1=NN(c2ccc(Cl)cc2)C(N)=C(C#N)C1c1ccccc1. The summed E-state index contributed by atoms with van der Waals surface area (Å²) in [7, 11) is 0. The third-order valence-corrected chi connectivity index (χ3v) is 4.46. The van der Waals surface area contributed by atoms with Crippen molar-refractivity contribution in [3.63, 3.8) is 0 Å². The Morgan fingerprint density at radius 1 is 1.23 bits per heavy atom. The maximum Gasteiger partial charge on any atom is 0.179 e. The molecule has 3 rings (SSSR count). The number of benzene rings is 2. The third kappa shape index (κ3) is 3.19. The Labute approximate surface area is 157 Å². The fourth-order valence-electron chi connectivity index (χ4n) is 2.89. The third-order valence-electron chi connectivity index (χ3n) is 4.21. The molecule has 1 atom stereocenters. The van der Waals surface area contributed by atoms with Crippen LogP contribution in [-0.2, 0) is 4.79 Å². The Bertz CT molecular complexity index is 927. The molecule has 26 heavy (non-hydrogen) atoms. The van der Waals surface area contributed by atoms with Crippen LogP contribution < -0.4 is 10.7 Å². The standard InChI is InChI=1S/C20H17ClN4O/c1-2-17(26)19-18(13-6-4-3-5-7-13)16(12-22)20(23)25(24-19)15-10-8-14(21)9-11-15/h3-11,18H,2,23H2,1H3. The van der Waals surface area contributed by atoms with Gasteiger partial charge >= 0.3 is 0 Å². The minimum absolute atomic E-state index is 0.127. The highest BCUT2D eigenvalue weighted by Crippen LogP contribution is 2.35. The van der Waals surface area contributed by atoms with Crippen molar-refractivity contribution in [2.75, 3.05) is 5.01 Å². The van der Waals surface area contributed by atoms with E-state index in [2.05, 4.69) is 11.2 Å². The van der Waals surface area contributed by atoms with Crippen LogP contribution in [-0.4, -0.2) is 11.5 Å². The van der Waals surface area contributed by atoms with Gasteiger partial charge in [-0.2, -0.15) is 10.4 Å². The second kappa shape index (κ2) is 7.42. The molecule has 0 radical (unpaired) electrons. The maximum atomic E-state index is 12.6. The van der Waals surface area contributed by atoms with Crippen molar-refractivity contribution in [3.8, 4) is 6.07 Å². The van der Waals surface area contributed by atoms with Gasteiger partial charge in [0, 0.05) is 11.4 Å². The van der Waals surface area contributed by atoms with Gasteiger partial charge in [0.15, 0.2) is 5.78 Å². The van der Waals surface area contributed by atoms with Gasteiger partial charge in [0.1, 0.15) is 11.5 Å². The molecule has 0 amide bonds. The lowest BCUT2D eigenvalue weighted by Gasteiger charge is -2.30. The number of hydrogen-bond acceptors (Lipinski definition) is 5. The number of anilines is 1. The van der Waals surface area contributed by atoms with Crippen LogP contribution in [0.4, 0.5) is 5.69 Å². The quantitative estimate of drug-likeness (QED) is 0.889. The molecule has 2 aromatic rings. The van der Waals surface area contributed by atoms with Gasteiger partial charge in [-0.3, -0.25) is 4.79 Å². The van der Waals surface area contributed by atoms with E-state index < -0.39 is 5.92 Å². The van der Waals surface area contributed by atoms with Gasteiger partial charge in [-0.15, -0.1) is 0 Å². The van der Waals surface area contributed by atoms with Crippen molar-refractivity contribution in [3.05, 3.63) is 76.6 Å². The van der Waals surface area contributed by atoms with Crippen molar-refractivity contribution in [2.24, 2.45) is 10.8 Å². The molecular formula is C20H17ClN4O. The number of carbonyl (C=O) groups is 1. The summed E-state index contributed by atoms with van der Waals surface area (Å²) in [5.74, 6) is -0.494. The maximum absolute atomic E-state index is 12.6. The number of Topliss-reactive ketones (excluding diaryl/α,β-unsaturated/α-hetero) is 1. The molecule has 2 aromatic carbocycles. The smallest absolute Gasteiger partial charge is 0.179 e. The van der Waals surface area contributed by atoms with Gasteiger partial charge in [0.05, 0.1) is 23.2 Å². The topological polar surface area (TPSA) is 82.5 Å². The zero-order chi connectivity index (χ0) is 18.7. The molecule has 5 nitrogen and oxygen atoms in total. The normalized spacial score (nSPS) is 16.9. The Morgan fingerprint density at radius 2 is 1.88 bits per heavy atom. The molecule has 130 valence electrons. The summed E-state index contributed by atoms with van der Waals surface area (Å²) in [5.41, 5.74) is 8.32. The number of halogens is 1. The van der Waals surface area contributed by atoms with E-state index in [0.717, 1.165) is 5.56 Å². The van der Waals surface area contributed by atoms with Crippen LogP contribution in [0, 0.1) is 11.3 Å². The number of rotatable bonds is 4. The van der Waals surface area contributed by atoms with E-state index in [1.807, 2.05) is 30.3 Å². The van der Waals surface area contributed by atoms with Crippen LogP contribution in [0.2, 0.25) is 5.02 Å². The van der Waals surface area contributed by atoms with E-state index in [4.69, 9.17) is 17.3 Å². The lowest BCUT2D eigenvalue weighted by Crippen LogP contribution is -2.37. The van der Waals surface area contributed by atoms with E-state index in [9.17, 15) is 10.1 Å². The summed E-state index contributed by atoms with van der Waals surface area (Å²) >= 11 is 5.94. The van der Waals surface area contributed by atoms with Crippen molar-refractivity contribution >= 4 is 28.8 Å². The predicted octanol–water partition coefficient (Wildman–Crippen LogP) is 3.97. The lowest BCUT2D eigenvalue weighted by atomic mass is 9.84. The van der Waals surface area contributed by atoms with Gasteiger partial charge in [0.25, 0.3) is 0 Å². The zero-order valence-corrected chi connectivity index (χ0v) is 14.9. The number of allylic oxidation sites excluding steroid dienone is 1. The first-order valence-corrected chi connectivity index (χ1v) is 8.56. The zero-order valence-electron chi connectivity index (χ0n) is 14.2. The fourth-order valence-corrected chi connectivity index (χ4v) is 3.01. The first-order valence-electron chi connectivity index (χ1n) is 8.18. The summed E-state index contributed by atoms with van der Waals surface area (Å²) in [6, 6.07) is 18.4. The predicted molar refractivity (Wildman–Crippen MR) is 103 cm³/mol. The van der Waals surface area contributed by atoms with Gasteiger partial charge in [-0.05, 0) is 29.8 Å². The lowest BCUT2D eigenvalue weighted by molar-refractivity contribution is -0.112. The van der Waals surface area contributed by atoms with Crippen LogP contribution in [0.15, 0.2) is 71.1 Å². The van der Waals surface area contributed by atoms with E-state index >= 15 is 0 Å². The number of hydrazone groups is 1. The largest absolute Gasteiger partial charge is 0.383 e. The van der Waals surface area contributed by atoms with Crippen LogP contribution in [0.5, 0.6) is 0 Å². The second-order valence-electron chi connectivity index (χ2n) is 5.80. The number of nitrogens with zero attached hydrogens (tertiary/aromatic N) is 3. The average Bonchev–Trinajstić information content (AvgIpc) is 2.68. The van der Waals surface area contributed by atoms with Crippen molar-refractivity contribution < 1.29 is 4.79 Å². The van der Waals surface area contributed by atoms with Gasteiger partial charge in [0.2, 0.25) is 0 Å². The van der Waals surface area contributed by atoms with Gasteiger partial charge in [-0.1, -0.05) is 48.9 Å². The van der Waals surface area contributed by atoms with Crippen LogP contribution in [0.25, 0.3) is 0 Å². The molecule has 0 bridgehead atoms. The first-order chi connectivity index (χ1) is 12.6. The van der Waals surface area contributed by atoms with Gasteiger partial charge in [-0.25, -0.2) is 5.01 Å². The van der Waals surface area contributed by atoms with E-state index in [0.29, 0.717) is 22.0 Å². The molecule has 1 unspecified atom stereocenters. The molecule has 2 N–H and O–H groups in total. The molecule has 0 aliphatic carbocycles. The Kier molecular flexibility index (Phi) is 5.06. The van der Waals surface area contributed by atoms with Crippen LogP contribution in [0.1, 0.15) is 24.8 Å². The van der Waals surface area contributed by atoms with E-state index in [-0.39, 0.29) is 18.0 Å². The van der Waals surface area contributed by atoms with Crippen molar-refractivity contribution in [2.45, 2.75) is 19.3 Å². The van der Waals surface area contributed by atoms with E-state index in [1.54, 1.807) is 31.2 Å². The molecule has 0 fully saturated rings. The van der Waals surface area contributed by atoms with Gasteiger partial charge < -0.3 is 5.73 Å². The Morgan fingerprint density at radius 3 is 2.46 bits per heavy atom. The second-order valence-corrected chi connectivity index (χ2v) is 6.24. The molecule has 1 aliphatic heterocycles. The number of ketones is 1. The van der Waals surface area contributed by atoms with Crippen molar-refractivity contribution in [1.82, 2.24) is 0 Å². The first kappa shape index (κ1) is 17.7. The van der Waals surface area contributed by atoms with E-state index in [1.165, 1.54) is 5.01 Å². The Hall–Kier alpha value is -3.10. The molecule has 0 aromatic heterocycles. The molecule has 0 spiro atoms. The van der Waals surface area contributed by atoms with Crippen LogP contribution >= 0.6 is 11.6 Å².